The van der Waals surface area contributed by atoms with Crippen LogP contribution in [0.4, 0.5) is 0 Å². The van der Waals surface area contributed by atoms with Crippen molar-refractivity contribution in [1.82, 2.24) is 10.2 Å². The van der Waals surface area contributed by atoms with E-state index in [9.17, 15) is 19.5 Å². The minimum atomic E-state index is -0.480. The fourth-order valence-corrected chi connectivity index (χ4v) is 4.24. The van der Waals surface area contributed by atoms with Crippen LogP contribution in [-0.2, 0) is 25.5 Å². The molecule has 0 radical (unpaired) electrons. The van der Waals surface area contributed by atoms with Crippen LogP contribution in [0.1, 0.15) is 37.7 Å². The summed E-state index contributed by atoms with van der Waals surface area (Å²) in [4.78, 5) is 39.5. The molecule has 1 fully saturated rings. The number of benzene rings is 1. The molecule has 7 nitrogen and oxygen atoms in total. The van der Waals surface area contributed by atoms with Crippen LogP contribution in [0.3, 0.4) is 0 Å². The van der Waals surface area contributed by atoms with Gasteiger partial charge in [0.1, 0.15) is 6.61 Å². The van der Waals surface area contributed by atoms with Crippen molar-refractivity contribution < 1.29 is 24.2 Å². The zero-order valence-corrected chi connectivity index (χ0v) is 17.9. The molecule has 1 aromatic rings. The standard InChI is InChI=1S/C24H32N2O5/c27-17-21-11-6-13-26(21)22(28)16-19-9-4-5-10-20(15-18-7-2-1-3-8-18)24(30)31-14-12-25-23(19)29/h1-5,7-8,19-21,27H,6,9-17H2,(H,25,29). The Hall–Kier alpha value is -2.67. The van der Waals surface area contributed by atoms with E-state index in [4.69, 9.17) is 4.74 Å². The monoisotopic (exact) mass is 428 g/mol. The topological polar surface area (TPSA) is 95.9 Å². The van der Waals surface area contributed by atoms with Crippen molar-refractivity contribution >= 4 is 17.8 Å². The van der Waals surface area contributed by atoms with Gasteiger partial charge in [0.2, 0.25) is 11.8 Å². The lowest BCUT2D eigenvalue weighted by Gasteiger charge is -2.25. The number of hydrogen-bond acceptors (Lipinski definition) is 5. The first kappa shape index (κ1) is 23.0. The number of hydrogen-bond donors (Lipinski definition) is 2. The molecule has 3 rings (SSSR count). The summed E-state index contributed by atoms with van der Waals surface area (Å²) in [5.41, 5.74) is 1.07. The van der Waals surface area contributed by atoms with E-state index >= 15 is 0 Å². The average Bonchev–Trinajstić information content (AvgIpc) is 3.26. The van der Waals surface area contributed by atoms with Gasteiger partial charge in [-0.3, -0.25) is 14.4 Å². The molecule has 0 bridgehead atoms. The molecule has 2 N–H and O–H groups in total. The number of esters is 1. The Morgan fingerprint density at radius 1 is 1.13 bits per heavy atom. The molecule has 2 amide bonds. The zero-order valence-electron chi connectivity index (χ0n) is 17.9. The van der Waals surface area contributed by atoms with E-state index in [-0.39, 0.29) is 55.9 Å². The number of cyclic esters (lactones) is 1. The summed E-state index contributed by atoms with van der Waals surface area (Å²) in [6.07, 6.45) is 7.13. The number of allylic oxidation sites excluding steroid dienone is 2. The van der Waals surface area contributed by atoms with Crippen LogP contribution in [0.15, 0.2) is 42.5 Å². The van der Waals surface area contributed by atoms with Crippen molar-refractivity contribution in [2.24, 2.45) is 11.8 Å². The number of amides is 2. The lowest BCUT2D eigenvalue weighted by molar-refractivity contribution is -0.148. The highest BCUT2D eigenvalue weighted by molar-refractivity contribution is 5.86. The highest BCUT2D eigenvalue weighted by Gasteiger charge is 2.31. The number of aliphatic hydroxyl groups is 1. The van der Waals surface area contributed by atoms with Crippen LogP contribution in [0.2, 0.25) is 0 Å². The van der Waals surface area contributed by atoms with Crippen molar-refractivity contribution in [2.75, 3.05) is 26.3 Å². The minimum Gasteiger partial charge on any atom is -0.464 e. The second-order valence-corrected chi connectivity index (χ2v) is 8.25. The predicted molar refractivity (Wildman–Crippen MR) is 116 cm³/mol. The van der Waals surface area contributed by atoms with Crippen LogP contribution in [0, 0.1) is 11.8 Å². The maximum atomic E-state index is 12.7. The molecule has 168 valence electrons. The smallest absolute Gasteiger partial charge is 0.309 e. The van der Waals surface area contributed by atoms with Gasteiger partial charge in [-0.05, 0) is 37.7 Å². The molecule has 1 aromatic carbocycles. The molecule has 0 saturated carbocycles. The first-order valence-electron chi connectivity index (χ1n) is 11.1. The van der Waals surface area contributed by atoms with Crippen LogP contribution in [-0.4, -0.2) is 60.1 Å². The van der Waals surface area contributed by atoms with Gasteiger partial charge >= 0.3 is 5.97 Å². The lowest BCUT2D eigenvalue weighted by atomic mass is 9.94. The average molecular weight is 429 g/mol. The van der Waals surface area contributed by atoms with E-state index in [0.717, 1.165) is 18.4 Å². The maximum absolute atomic E-state index is 12.7. The molecule has 0 aromatic heterocycles. The van der Waals surface area contributed by atoms with E-state index < -0.39 is 5.92 Å². The largest absolute Gasteiger partial charge is 0.464 e. The summed E-state index contributed by atoms with van der Waals surface area (Å²) in [6, 6.07) is 9.68. The van der Waals surface area contributed by atoms with Gasteiger partial charge in [0, 0.05) is 13.0 Å². The van der Waals surface area contributed by atoms with Gasteiger partial charge in [0.05, 0.1) is 31.0 Å². The van der Waals surface area contributed by atoms with Crippen LogP contribution < -0.4 is 5.32 Å². The van der Waals surface area contributed by atoms with E-state index in [1.807, 2.05) is 42.5 Å². The van der Waals surface area contributed by atoms with E-state index in [2.05, 4.69) is 5.32 Å². The van der Waals surface area contributed by atoms with Gasteiger partial charge in [-0.2, -0.15) is 0 Å². The minimum absolute atomic E-state index is 0.0450. The Kier molecular flexibility index (Phi) is 8.64. The number of rotatable bonds is 5. The molecule has 2 aliphatic rings. The number of carbonyl (C=O) groups is 3. The second-order valence-electron chi connectivity index (χ2n) is 8.25. The predicted octanol–water partition coefficient (Wildman–Crippen LogP) is 1.84. The quantitative estimate of drug-likeness (QED) is 0.551. The molecule has 1 saturated heterocycles. The van der Waals surface area contributed by atoms with Crippen molar-refractivity contribution in [1.29, 1.82) is 0 Å². The molecule has 0 spiro atoms. The molecule has 3 atom stereocenters. The summed E-state index contributed by atoms with van der Waals surface area (Å²) in [5, 5.41) is 12.3. The number of carbonyl (C=O) groups excluding carboxylic acids is 3. The Balaban J connectivity index is 1.64. The maximum Gasteiger partial charge on any atom is 0.309 e. The first-order chi connectivity index (χ1) is 15.1. The highest BCUT2D eigenvalue weighted by atomic mass is 16.5. The number of likely N-dealkylation sites (tertiary alicyclic amines) is 1. The Morgan fingerprint density at radius 3 is 2.61 bits per heavy atom. The molecule has 31 heavy (non-hydrogen) atoms. The van der Waals surface area contributed by atoms with Crippen molar-refractivity contribution in [2.45, 2.75) is 44.6 Å². The SMILES string of the molecule is O=C1NCCOC(=O)C(Cc2ccccc2)CC=CCC1CC(=O)N1CCCC1CO. The van der Waals surface area contributed by atoms with Gasteiger partial charge < -0.3 is 20.1 Å². The Labute approximate surface area is 183 Å². The third-order valence-electron chi connectivity index (χ3n) is 6.01. The number of nitrogens with zero attached hydrogens (tertiary/aromatic N) is 1. The first-order valence-corrected chi connectivity index (χ1v) is 11.1. The summed E-state index contributed by atoms with van der Waals surface area (Å²) < 4.78 is 5.38. The molecular formula is C24H32N2O5. The van der Waals surface area contributed by atoms with Crippen molar-refractivity contribution in [3.8, 4) is 0 Å². The summed E-state index contributed by atoms with van der Waals surface area (Å²) in [7, 11) is 0. The van der Waals surface area contributed by atoms with Crippen LogP contribution in [0.5, 0.6) is 0 Å². The highest BCUT2D eigenvalue weighted by Crippen LogP contribution is 2.22. The number of nitrogens with one attached hydrogen (secondary N) is 1. The lowest BCUT2D eigenvalue weighted by Crippen LogP contribution is -2.41. The normalized spacial score (nSPS) is 25.3. The molecule has 2 aliphatic heterocycles. The summed E-state index contributed by atoms with van der Waals surface area (Å²) >= 11 is 0. The van der Waals surface area contributed by atoms with Crippen LogP contribution >= 0.6 is 0 Å². The molecule has 2 heterocycles. The molecule has 3 unspecified atom stereocenters. The molecule has 7 heteroatoms. The van der Waals surface area contributed by atoms with E-state index in [1.54, 1.807) is 4.90 Å². The summed E-state index contributed by atoms with van der Waals surface area (Å²) in [6.45, 7) is 0.918. The zero-order chi connectivity index (χ0) is 22.1. The fraction of sp³-hybridized carbons (Fsp3) is 0.542. The Morgan fingerprint density at radius 2 is 1.87 bits per heavy atom. The summed E-state index contributed by atoms with van der Waals surface area (Å²) in [5.74, 6) is -1.34. The van der Waals surface area contributed by atoms with Gasteiger partial charge in [0.25, 0.3) is 0 Å². The number of aliphatic hydroxyl groups excluding tert-OH is 1. The van der Waals surface area contributed by atoms with Gasteiger partial charge in [-0.25, -0.2) is 0 Å². The fourth-order valence-electron chi connectivity index (χ4n) is 4.24. The second kappa shape index (κ2) is 11.6. The van der Waals surface area contributed by atoms with Crippen molar-refractivity contribution in [3.05, 3.63) is 48.0 Å². The third kappa shape index (κ3) is 6.66. The van der Waals surface area contributed by atoms with Crippen molar-refractivity contribution in [3.63, 3.8) is 0 Å². The van der Waals surface area contributed by atoms with Crippen LogP contribution in [0.25, 0.3) is 0 Å². The van der Waals surface area contributed by atoms with Gasteiger partial charge in [-0.15, -0.1) is 0 Å². The van der Waals surface area contributed by atoms with E-state index in [0.29, 0.717) is 25.8 Å². The van der Waals surface area contributed by atoms with Gasteiger partial charge in [-0.1, -0.05) is 42.5 Å². The third-order valence-corrected chi connectivity index (χ3v) is 6.01. The van der Waals surface area contributed by atoms with E-state index in [1.165, 1.54) is 0 Å². The van der Waals surface area contributed by atoms with Gasteiger partial charge in [0.15, 0.2) is 0 Å². The number of ether oxygens (including phenoxy) is 1. The molecule has 0 aliphatic carbocycles. The Bertz CT molecular complexity index is 779. The molecular weight excluding hydrogens is 396 g/mol.